The van der Waals surface area contributed by atoms with E-state index in [0.29, 0.717) is 33.5 Å². The maximum Gasteiger partial charge on any atom is 0.310 e. The Balaban J connectivity index is 1.77. The Morgan fingerprint density at radius 1 is 1.17 bits per heavy atom. The molecule has 0 bridgehead atoms. The Morgan fingerprint density at radius 2 is 1.86 bits per heavy atom. The summed E-state index contributed by atoms with van der Waals surface area (Å²) in [5.41, 5.74) is 2.66. The first-order valence-corrected chi connectivity index (χ1v) is 9.49. The minimum absolute atomic E-state index is 0.176. The van der Waals surface area contributed by atoms with Crippen LogP contribution in [0.2, 0.25) is 10.0 Å². The van der Waals surface area contributed by atoms with E-state index in [9.17, 15) is 9.59 Å². The van der Waals surface area contributed by atoms with Crippen LogP contribution in [0.3, 0.4) is 0 Å². The number of aliphatic carboxylic acids is 1. The number of carboxylic acid groups (broad SMARTS) is 1. The van der Waals surface area contributed by atoms with Gasteiger partial charge in [0, 0.05) is 15.7 Å². The summed E-state index contributed by atoms with van der Waals surface area (Å²) < 4.78 is 1.58. The van der Waals surface area contributed by atoms with E-state index in [2.05, 4.69) is 15.6 Å². The van der Waals surface area contributed by atoms with Gasteiger partial charge < -0.3 is 10.4 Å². The standard InChI is InChI=1S/C20H18Cl2N4O3/c1-11(20(28)29)14-4-3-5-17(8-14)23-19(27)18-12(2)26(25-24-18)10-13-6-15(21)9-16(22)7-13/h3-9,11H,10H2,1-2H3,(H,23,27)(H,28,29). The number of carboxylic acids is 1. The summed E-state index contributed by atoms with van der Waals surface area (Å²) in [5, 5.41) is 20.9. The molecule has 0 saturated heterocycles. The molecule has 0 aliphatic rings. The van der Waals surface area contributed by atoms with Crippen LogP contribution in [0, 0.1) is 6.92 Å². The number of nitrogens with one attached hydrogen (secondary N) is 1. The zero-order chi connectivity index (χ0) is 21.1. The number of carbonyl (C=O) groups is 2. The van der Waals surface area contributed by atoms with Crippen LogP contribution in [-0.4, -0.2) is 32.0 Å². The summed E-state index contributed by atoms with van der Waals surface area (Å²) >= 11 is 12.1. The number of aromatic nitrogens is 3. The number of amides is 1. The monoisotopic (exact) mass is 432 g/mol. The number of benzene rings is 2. The number of anilines is 1. The van der Waals surface area contributed by atoms with E-state index in [4.69, 9.17) is 28.3 Å². The van der Waals surface area contributed by atoms with Crippen molar-refractivity contribution in [1.82, 2.24) is 15.0 Å². The van der Waals surface area contributed by atoms with Gasteiger partial charge in [0.2, 0.25) is 0 Å². The molecule has 0 fully saturated rings. The molecule has 0 aliphatic carbocycles. The smallest absolute Gasteiger partial charge is 0.310 e. The average molecular weight is 433 g/mol. The number of nitrogens with zero attached hydrogens (tertiary/aromatic N) is 3. The number of carbonyl (C=O) groups excluding carboxylic acids is 1. The molecule has 7 nitrogen and oxygen atoms in total. The van der Waals surface area contributed by atoms with Gasteiger partial charge >= 0.3 is 5.97 Å². The second-order valence-corrected chi connectivity index (χ2v) is 7.47. The topological polar surface area (TPSA) is 97.1 Å². The molecule has 0 saturated carbocycles. The molecule has 1 unspecified atom stereocenters. The molecule has 2 aromatic carbocycles. The second-order valence-electron chi connectivity index (χ2n) is 6.60. The van der Waals surface area contributed by atoms with E-state index < -0.39 is 17.8 Å². The first kappa shape index (κ1) is 20.8. The predicted molar refractivity (Wildman–Crippen MR) is 111 cm³/mol. The molecule has 1 aromatic heterocycles. The van der Waals surface area contributed by atoms with Gasteiger partial charge in [-0.25, -0.2) is 4.68 Å². The first-order chi connectivity index (χ1) is 13.7. The lowest BCUT2D eigenvalue weighted by molar-refractivity contribution is -0.138. The fraction of sp³-hybridized carbons (Fsp3) is 0.200. The summed E-state index contributed by atoms with van der Waals surface area (Å²) in [6.45, 7) is 3.68. The Morgan fingerprint density at radius 3 is 2.52 bits per heavy atom. The molecule has 0 spiro atoms. The molecule has 0 radical (unpaired) electrons. The zero-order valence-corrected chi connectivity index (χ0v) is 17.2. The number of halogens is 2. The van der Waals surface area contributed by atoms with E-state index in [-0.39, 0.29) is 5.69 Å². The molecule has 1 heterocycles. The van der Waals surface area contributed by atoms with Gasteiger partial charge in [0.05, 0.1) is 18.2 Å². The average Bonchev–Trinajstić information content (AvgIpc) is 3.01. The summed E-state index contributed by atoms with van der Waals surface area (Å²) in [6, 6.07) is 11.9. The highest BCUT2D eigenvalue weighted by molar-refractivity contribution is 6.34. The number of hydrogen-bond acceptors (Lipinski definition) is 4. The van der Waals surface area contributed by atoms with Crippen LogP contribution < -0.4 is 5.32 Å². The van der Waals surface area contributed by atoms with E-state index in [1.165, 1.54) is 0 Å². The lowest BCUT2D eigenvalue weighted by Gasteiger charge is -2.10. The Bertz CT molecular complexity index is 1060. The van der Waals surface area contributed by atoms with Gasteiger partial charge in [-0.2, -0.15) is 0 Å². The van der Waals surface area contributed by atoms with Crippen molar-refractivity contribution in [1.29, 1.82) is 0 Å². The van der Waals surface area contributed by atoms with Gasteiger partial charge in [0.15, 0.2) is 5.69 Å². The third-order valence-corrected chi connectivity index (χ3v) is 4.90. The van der Waals surface area contributed by atoms with Crippen molar-refractivity contribution >= 4 is 40.8 Å². The number of rotatable bonds is 6. The van der Waals surface area contributed by atoms with Crippen LogP contribution in [-0.2, 0) is 11.3 Å². The van der Waals surface area contributed by atoms with Gasteiger partial charge in [0.1, 0.15) is 0 Å². The fourth-order valence-electron chi connectivity index (χ4n) is 2.81. The zero-order valence-electron chi connectivity index (χ0n) is 15.7. The fourth-order valence-corrected chi connectivity index (χ4v) is 3.39. The molecule has 1 amide bonds. The van der Waals surface area contributed by atoms with E-state index >= 15 is 0 Å². The van der Waals surface area contributed by atoms with E-state index in [0.717, 1.165) is 5.56 Å². The molecular formula is C20H18Cl2N4O3. The van der Waals surface area contributed by atoms with Crippen LogP contribution in [0.25, 0.3) is 0 Å². The van der Waals surface area contributed by atoms with Crippen LogP contribution in [0.1, 0.15) is 40.2 Å². The van der Waals surface area contributed by atoms with Crippen LogP contribution in [0.5, 0.6) is 0 Å². The molecule has 3 rings (SSSR count). The van der Waals surface area contributed by atoms with Crippen molar-refractivity contribution in [2.24, 2.45) is 0 Å². The second kappa shape index (κ2) is 8.63. The number of hydrogen-bond donors (Lipinski definition) is 2. The van der Waals surface area contributed by atoms with Crippen molar-refractivity contribution in [3.05, 3.63) is 75.0 Å². The van der Waals surface area contributed by atoms with Crippen molar-refractivity contribution < 1.29 is 14.7 Å². The van der Waals surface area contributed by atoms with Crippen molar-refractivity contribution in [3.63, 3.8) is 0 Å². The minimum atomic E-state index is -0.937. The van der Waals surface area contributed by atoms with Crippen molar-refractivity contribution in [2.45, 2.75) is 26.3 Å². The Labute approximate surface area is 177 Å². The van der Waals surface area contributed by atoms with Gasteiger partial charge in [-0.1, -0.05) is 40.5 Å². The summed E-state index contributed by atoms with van der Waals surface area (Å²) in [5.74, 6) is -2.05. The van der Waals surface area contributed by atoms with Crippen LogP contribution in [0.15, 0.2) is 42.5 Å². The minimum Gasteiger partial charge on any atom is -0.481 e. The Hall–Kier alpha value is -2.90. The van der Waals surface area contributed by atoms with Crippen molar-refractivity contribution in [2.75, 3.05) is 5.32 Å². The quantitative estimate of drug-likeness (QED) is 0.601. The molecule has 29 heavy (non-hydrogen) atoms. The molecule has 0 aliphatic heterocycles. The summed E-state index contributed by atoms with van der Waals surface area (Å²) in [7, 11) is 0. The first-order valence-electron chi connectivity index (χ1n) is 8.73. The van der Waals surface area contributed by atoms with Gasteiger partial charge in [0.25, 0.3) is 5.91 Å². The van der Waals surface area contributed by atoms with Crippen LogP contribution in [0.4, 0.5) is 5.69 Å². The largest absolute Gasteiger partial charge is 0.481 e. The van der Waals surface area contributed by atoms with Gasteiger partial charge in [-0.3, -0.25) is 9.59 Å². The van der Waals surface area contributed by atoms with Crippen molar-refractivity contribution in [3.8, 4) is 0 Å². The summed E-state index contributed by atoms with van der Waals surface area (Å²) in [6.07, 6.45) is 0. The molecule has 1 atom stereocenters. The van der Waals surface area contributed by atoms with Crippen LogP contribution >= 0.6 is 23.2 Å². The SMILES string of the molecule is Cc1c(C(=O)Nc2cccc(C(C)C(=O)O)c2)nnn1Cc1cc(Cl)cc(Cl)c1. The maximum absolute atomic E-state index is 12.6. The molecule has 150 valence electrons. The molecular weight excluding hydrogens is 415 g/mol. The normalized spacial score (nSPS) is 11.9. The molecule has 2 N–H and O–H groups in total. The maximum atomic E-state index is 12.6. The highest BCUT2D eigenvalue weighted by Crippen LogP contribution is 2.22. The third kappa shape index (κ3) is 4.93. The highest BCUT2D eigenvalue weighted by Gasteiger charge is 2.18. The van der Waals surface area contributed by atoms with E-state index in [1.807, 2.05) is 0 Å². The highest BCUT2D eigenvalue weighted by atomic mass is 35.5. The van der Waals surface area contributed by atoms with Gasteiger partial charge in [-0.05, 0) is 55.3 Å². The predicted octanol–water partition coefficient (Wildman–Crippen LogP) is 4.38. The lowest BCUT2D eigenvalue weighted by atomic mass is 10.0. The Kier molecular flexibility index (Phi) is 6.20. The van der Waals surface area contributed by atoms with Gasteiger partial charge in [-0.15, -0.1) is 5.10 Å². The molecule has 3 aromatic rings. The van der Waals surface area contributed by atoms with E-state index in [1.54, 1.807) is 61.0 Å². The molecule has 9 heteroatoms. The third-order valence-electron chi connectivity index (χ3n) is 4.47. The summed E-state index contributed by atoms with van der Waals surface area (Å²) in [4.78, 5) is 23.8. The lowest BCUT2D eigenvalue weighted by Crippen LogP contribution is -2.15.